The molecule has 2 aromatic heterocycles. The van der Waals surface area contributed by atoms with E-state index in [1.165, 1.54) is 6.33 Å². The largest absolute Gasteiger partial charge is 0.475 e. The van der Waals surface area contributed by atoms with Crippen molar-refractivity contribution in [3.05, 3.63) is 36.0 Å². The Hall–Kier alpha value is -2.24. The van der Waals surface area contributed by atoms with Crippen molar-refractivity contribution in [3.8, 4) is 5.88 Å². The maximum atomic E-state index is 5.57. The van der Waals surface area contributed by atoms with Crippen LogP contribution in [0.3, 0.4) is 0 Å². The molecule has 0 saturated carbocycles. The zero-order valence-corrected chi connectivity index (χ0v) is 11.3. The average Bonchev–Trinajstić information content (AvgIpc) is 2.36. The molecular weight excluding hydrogens is 242 g/mol. The molecule has 0 atom stereocenters. The number of hydrogen-bond acceptors (Lipinski definition) is 6. The molecule has 0 unspecified atom stereocenters. The van der Waals surface area contributed by atoms with Crippen LogP contribution in [0.4, 0.5) is 5.95 Å². The highest BCUT2D eigenvalue weighted by molar-refractivity contribution is 5.31. The van der Waals surface area contributed by atoms with Crippen molar-refractivity contribution >= 4 is 5.95 Å². The molecular formula is C13H17N5O. The minimum Gasteiger partial charge on any atom is -0.475 e. The van der Waals surface area contributed by atoms with E-state index in [0.717, 1.165) is 11.4 Å². The quantitative estimate of drug-likeness (QED) is 0.885. The summed E-state index contributed by atoms with van der Waals surface area (Å²) in [6, 6.07) is 3.66. The molecule has 0 radical (unpaired) electrons. The zero-order valence-electron chi connectivity index (χ0n) is 11.3. The Bertz CT molecular complexity index is 530. The summed E-state index contributed by atoms with van der Waals surface area (Å²) in [4.78, 5) is 16.6. The van der Waals surface area contributed by atoms with Crippen LogP contribution in [0, 0.1) is 6.92 Å². The van der Waals surface area contributed by atoms with Gasteiger partial charge in [-0.3, -0.25) is 0 Å². The smallest absolute Gasteiger partial charge is 0.226 e. The van der Waals surface area contributed by atoms with Crippen LogP contribution >= 0.6 is 0 Å². The second-order valence-corrected chi connectivity index (χ2v) is 4.39. The summed E-state index contributed by atoms with van der Waals surface area (Å²) < 4.78 is 5.57. The third-order valence-corrected chi connectivity index (χ3v) is 2.26. The molecule has 0 aliphatic heterocycles. The molecule has 0 spiro atoms. The Kier molecular flexibility index (Phi) is 4.22. The number of rotatable bonds is 5. The van der Waals surface area contributed by atoms with Crippen LogP contribution in [0.5, 0.6) is 5.88 Å². The van der Waals surface area contributed by atoms with Crippen molar-refractivity contribution in [3.63, 3.8) is 0 Å². The highest BCUT2D eigenvalue weighted by atomic mass is 16.5. The summed E-state index contributed by atoms with van der Waals surface area (Å²) in [5, 5.41) is 3.12. The molecule has 0 fully saturated rings. The molecule has 2 rings (SSSR count). The van der Waals surface area contributed by atoms with Crippen LogP contribution < -0.4 is 10.1 Å². The maximum absolute atomic E-state index is 5.57. The predicted molar refractivity (Wildman–Crippen MR) is 71.9 cm³/mol. The fourth-order valence-corrected chi connectivity index (χ4v) is 1.51. The number of anilines is 1. The first-order valence-electron chi connectivity index (χ1n) is 6.14. The molecule has 2 aromatic rings. The van der Waals surface area contributed by atoms with E-state index in [4.69, 9.17) is 4.74 Å². The first kappa shape index (κ1) is 13.2. The summed E-state index contributed by atoms with van der Waals surface area (Å²) in [5.74, 6) is 1.11. The van der Waals surface area contributed by atoms with Gasteiger partial charge in [0.15, 0.2) is 0 Å². The Labute approximate surface area is 112 Å². The summed E-state index contributed by atoms with van der Waals surface area (Å²) in [6.45, 7) is 6.38. The van der Waals surface area contributed by atoms with Gasteiger partial charge < -0.3 is 10.1 Å². The predicted octanol–water partition coefficient (Wildman–Crippen LogP) is 1.97. The lowest BCUT2D eigenvalue weighted by molar-refractivity contribution is 0.232. The molecule has 0 saturated heterocycles. The van der Waals surface area contributed by atoms with Crippen molar-refractivity contribution in [2.45, 2.75) is 33.4 Å². The molecule has 100 valence electrons. The molecule has 0 amide bonds. The van der Waals surface area contributed by atoms with Crippen molar-refractivity contribution in [2.24, 2.45) is 0 Å². The number of aromatic nitrogens is 4. The summed E-state index contributed by atoms with van der Waals surface area (Å²) in [7, 11) is 0. The van der Waals surface area contributed by atoms with Gasteiger partial charge in [-0.2, -0.15) is 4.98 Å². The molecule has 1 N–H and O–H groups in total. The Morgan fingerprint density at radius 1 is 1.32 bits per heavy atom. The minimum absolute atomic E-state index is 0.0871. The van der Waals surface area contributed by atoms with E-state index in [0.29, 0.717) is 18.4 Å². The monoisotopic (exact) mass is 259 g/mol. The van der Waals surface area contributed by atoms with E-state index < -0.39 is 0 Å². The van der Waals surface area contributed by atoms with E-state index in [1.54, 1.807) is 6.20 Å². The van der Waals surface area contributed by atoms with E-state index in [-0.39, 0.29) is 6.10 Å². The van der Waals surface area contributed by atoms with Gasteiger partial charge in [0.25, 0.3) is 0 Å². The molecule has 6 heteroatoms. The van der Waals surface area contributed by atoms with Gasteiger partial charge in [0, 0.05) is 18.0 Å². The SMILES string of the molecule is Cc1cc(OC(C)C)nc(NCc2ccncn2)n1. The highest BCUT2D eigenvalue weighted by Crippen LogP contribution is 2.13. The normalized spacial score (nSPS) is 10.5. The zero-order chi connectivity index (χ0) is 13.7. The van der Waals surface area contributed by atoms with E-state index >= 15 is 0 Å². The fraction of sp³-hybridized carbons (Fsp3) is 0.385. The van der Waals surface area contributed by atoms with Crippen LogP contribution in [-0.2, 0) is 6.54 Å². The van der Waals surface area contributed by atoms with Crippen molar-refractivity contribution < 1.29 is 4.74 Å². The topological polar surface area (TPSA) is 72.8 Å². The third-order valence-electron chi connectivity index (χ3n) is 2.26. The number of ether oxygens (including phenoxy) is 1. The summed E-state index contributed by atoms with van der Waals surface area (Å²) >= 11 is 0. The fourth-order valence-electron chi connectivity index (χ4n) is 1.51. The van der Waals surface area contributed by atoms with Gasteiger partial charge in [0.1, 0.15) is 6.33 Å². The van der Waals surface area contributed by atoms with Crippen LogP contribution in [0.25, 0.3) is 0 Å². The number of aryl methyl sites for hydroxylation is 1. The highest BCUT2D eigenvalue weighted by Gasteiger charge is 2.05. The minimum atomic E-state index is 0.0871. The molecule has 0 bridgehead atoms. The van der Waals surface area contributed by atoms with Crippen LogP contribution in [0.15, 0.2) is 24.7 Å². The van der Waals surface area contributed by atoms with Gasteiger partial charge in [-0.25, -0.2) is 15.0 Å². The first-order valence-corrected chi connectivity index (χ1v) is 6.14. The van der Waals surface area contributed by atoms with Crippen molar-refractivity contribution in [1.29, 1.82) is 0 Å². The Morgan fingerprint density at radius 3 is 2.84 bits per heavy atom. The van der Waals surface area contributed by atoms with E-state index in [2.05, 4.69) is 25.3 Å². The van der Waals surface area contributed by atoms with Crippen LogP contribution in [0.1, 0.15) is 25.2 Å². The standard InChI is InChI=1S/C13H17N5O/c1-9(2)19-12-6-10(3)17-13(18-12)15-7-11-4-5-14-8-16-11/h4-6,8-9H,7H2,1-3H3,(H,15,17,18). The maximum Gasteiger partial charge on any atom is 0.226 e. The molecule has 2 heterocycles. The lowest BCUT2D eigenvalue weighted by Gasteiger charge is -2.11. The van der Waals surface area contributed by atoms with Gasteiger partial charge in [0.2, 0.25) is 11.8 Å². The lowest BCUT2D eigenvalue weighted by atomic mass is 10.4. The Morgan fingerprint density at radius 2 is 2.16 bits per heavy atom. The van der Waals surface area contributed by atoms with Crippen molar-refractivity contribution in [2.75, 3.05) is 5.32 Å². The molecule has 19 heavy (non-hydrogen) atoms. The van der Waals surface area contributed by atoms with Crippen LogP contribution in [0.2, 0.25) is 0 Å². The van der Waals surface area contributed by atoms with Gasteiger partial charge >= 0.3 is 0 Å². The molecule has 0 aliphatic carbocycles. The second kappa shape index (κ2) is 6.08. The van der Waals surface area contributed by atoms with Gasteiger partial charge in [-0.1, -0.05) is 0 Å². The van der Waals surface area contributed by atoms with Gasteiger partial charge in [-0.05, 0) is 26.8 Å². The summed E-state index contributed by atoms with van der Waals surface area (Å²) in [6.07, 6.45) is 3.31. The third kappa shape index (κ3) is 4.17. The molecule has 0 aliphatic rings. The molecule has 0 aromatic carbocycles. The second-order valence-electron chi connectivity index (χ2n) is 4.39. The van der Waals surface area contributed by atoms with E-state index in [1.807, 2.05) is 32.9 Å². The number of nitrogens with one attached hydrogen (secondary N) is 1. The number of nitrogens with zero attached hydrogens (tertiary/aromatic N) is 4. The average molecular weight is 259 g/mol. The van der Waals surface area contributed by atoms with E-state index in [9.17, 15) is 0 Å². The van der Waals surface area contributed by atoms with Gasteiger partial charge in [-0.15, -0.1) is 0 Å². The van der Waals surface area contributed by atoms with Gasteiger partial charge in [0.05, 0.1) is 18.3 Å². The summed E-state index contributed by atoms with van der Waals surface area (Å²) in [5.41, 5.74) is 1.74. The van der Waals surface area contributed by atoms with Crippen LogP contribution in [-0.4, -0.2) is 26.0 Å². The van der Waals surface area contributed by atoms with Crippen molar-refractivity contribution in [1.82, 2.24) is 19.9 Å². The Balaban J connectivity index is 2.05. The first-order chi connectivity index (χ1) is 9.13. The number of hydrogen-bond donors (Lipinski definition) is 1. The lowest BCUT2D eigenvalue weighted by Crippen LogP contribution is -2.10. The molecule has 6 nitrogen and oxygen atoms in total.